The minimum absolute atomic E-state index is 0.133. The molecular weight excluding hydrogens is 246 g/mol. The lowest BCUT2D eigenvalue weighted by Gasteiger charge is -2.15. The minimum atomic E-state index is -0.956. The molecule has 0 radical (unpaired) electrons. The highest BCUT2D eigenvalue weighted by Gasteiger charge is 2.16. The normalized spacial score (nSPS) is 14.5. The quantitative estimate of drug-likeness (QED) is 0.717. The summed E-state index contributed by atoms with van der Waals surface area (Å²) in [5.41, 5.74) is 0.941. The fourth-order valence-corrected chi connectivity index (χ4v) is 1.65. The molecule has 0 bridgehead atoms. The summed E-state index contributed by atoms with van der Waals surface area (Å²) in [6.45, 7) is 0. The molecule has 1 atom stereocenters. The van der Waals surface area contributed by atoms with Crippen molar-refractivity contribution in [3.05, 3.63) is 23.8 Å². The summed E-state index contributed by atoms with van der Waals surface area (Å²) in [4.78, 5) is 21.9. The third-order valence-electron chi connectivity index (χ3n) is 2.59. The SMILES string of the molecule is COC(=O)N[C@H](CCC1=CC=CCC#C1)CC(=O)O. The zero-order valence-electron chi connectivity index (χ0n) is 10.8. The van der Waals surface area contributed by atoms with Crippen LogP contribution in [0.25, 0.3) is 0 Å². The number of nitrogens with one attached hydrogen (secondary N) is 1. The molecule has 0 fully saturated rings. The first kappa shape index (κ1) is 14.8. The van der Waals surface area contributed by atoms with Crippen LogP contribution in [0.15, 0.2) is 23.8 Å². The number of rotatable bonds is 6. The summed E-state index contributed by atoms with van der Waals surface area (Å²) >= 11 is 0. The Morgan fingerprint density at radius 3 is 3.05 bits per heavy atom. The smallest absolute Gasteiger partial charge is 0.407 e. The van der Waals surface area contributed by atoms with E-state index in [-0.39, 0.29) is 6.42 Å². The van der Waals surface area contributed by atoms with Gasteiger partial charge in [-0.3, -0.25) is 4.79 Å². The van der Waals surface area contributed by atoms with E-state index in [9.17, 15) is 9.59 Å². The summed E-state index contributed by atoms with van der Waals surface area (Å²) < 4.78 is 4.48. The van der Waals surface area contributed by atoms with Gasteiger partial charge in [-0.2, -0.15) is 0 Å². The number of carboxylic acids is 1. The first-order valence-electron chi connectivity index (χ1n) is 6.02. The van der Waals surface area contributed by atoms with E-state index in [0.717, 1.165) is 12.0 Å². The van der Waals surface area contributed by atoms with Gasteiger partial charge in [0, 0.05) is 18.0 Å². The van der Waals surface area contributed by atoms with Crippen LogP contribution in [0.5, 0.6) is 0 Å². The zero-order valence-corrected chi connectivity index (χ0v) is 10.8. The summed E-state index contributed by atoms with van der Waals surface area (Å²) in [6, 6.07) is -0.458. The Bertz CT molecular complexity index is 454. The van der Waals surface area contributed by atoms with Crippen molar-refractivity contribution in [2.24, 2.45) is 0 Å². The Balaban J connectivity index is 2.53. The zero-order chi connectivity index (χ0) is 14.1. The Morgan fingerprint density at radius 2 is 2.37 bits per heavy atom. The molecule has 0 spiro atoms. The van der Waals surface area contributed by atoms with Gasteiger partial charge in [-0.1, -0.05) is 30.1 Å². The fraction of sp³-hybridized carbons (Fsp3) is 0.429. The molecule has 5 nitrogen and oxygen atoms in total. The molecule has 0 saturated heterocycles. The standard InChI is InChI=1S/C14H17NO4/c1-19-14(18)15-12(10-13(16)17)9-8-11-6-4-2-3-5-7-11/h2,4,6,12H,3,8-10H2,1H3,(H,15,18)(H,16,17)/t12-/m1/s1. The molecule has 102 valence electrons. The largest absolute Gasteiger partial charge is 0.481 e. The Kier molecular flexibility index (Phi) is 6.23. The second kappa shape index (κ2) is 7.98. The van der Waals surface area contributed by atoms with Crippen LogP contribution in [0.3, 0.4) is 0 Å². The molecule has 0 aromatic rings. The molecule has 0 saturated carbocycles. The first-order chi connectivity index (χ1) is 9.11. The van der Waals surface area contributed by atoms with Crippen LogP contribution in [0.2, 0.25) is 0 Å². The van der Waals surface area contributed by atoms with Crippen molar-refractivity contribution in [1.29, 1.82) is 0 Å². The van der Waals surface area contributed by atoms with Crippen molar-refractivity contribution in [3.8, 4) is 11.8 Å². The van der Waals surface area contributed by atoms with Crippen molar-refractivity contribution in [1.82, 2.24) is 5.32 Å². The van der Waals surface area contributed by atoms with Gasteiger partial charge in [-0.05, 0) is 12.8 Å². The molecular formula is C14H17NO4. The number of carbonyl (C=O) groups is 2. The molecule has 0 heterocycles. The van der Waals surface area contributed by atoms with Crippen LogP contribution in [0.4, 0.5) is 4.79 Å². The van der Waals surface area contributed by atoms with Crippen LogP contribution in [0.1, 0.15) is 25.7 Å². The van der Waals surface area contributed by atoms with Gasteiger partial charge < -0.3 is 15.2 Å². The predicted octanol–water partition coefficient (Wildman–Crippen LogP) is 1.86. The van der Waals surface area contributed by atoms with Crippen molar-refractivity contribution in [2.45, 2.75) is 31.7 Å². The molecule has 19 heavy (non-hydrogen) atoms. The van der Waals surface area contributed by atoms with E-state index in [4.69, 9.17) is 5.11 Å². The predicted molar refractivity (Wildman–Crippen MR) is 70.4 cm³/mol. The number of allylic oxidation sites excluding steroid dienone is 4. The third-order valence-corrected chi connectivity index (χ3v) is 2.59. The van der Waals surface area contributed by atoms with E-state index in [0.29, 0.717) is 12.8 Å². The maximum atomic E-state index is 11.1. The lowest BCUT2D eigenvalue weighted by molar-refractivity contribution is -0.137. The number of hydrogen-bond acceptors (Lipinski definition) is 3. The molecule has 1 amide bonds. The molecule has 1 rings (SSSR count). The molecule has 0 unspecified atom stereocenters. The number of hydrogen-bond donors (Lipinski definition) is 2. The number of amides is 1. The van der Waals surface area contributed by atoms with Gasteiger partial charge in [0.05, 0.1) is 13.5 Å². The first-order valence-corrected chi connectivity index (χ1v) is 6.02. The van der Waals surface area contributed by atoms with Gasteiger partial charge in [0.15, 0.2) is 0 Å². The van der Waals surface area contributed by atoms with Crippen LogP contribution in [0, 0.1) is 11.8 Å². The minimum Gasteiger partial charge on any atom is -0.481 e. The van der Waals surface area contributed by atoms with Gasteiger partial charge in [0.25, 0.3) is 0 Å². The van der Waals surface area contributed by atoms with Gasteiger partial charge in [0.2, 0.25) is 0 Å². The molecule has 2 N–H and O–H groups in total. The summed E-state index contributed by atoms with van der Waals surface area (Å²) in [5.74, 6) is 5.04. The highest BCUT2D eigenvalue weighted by Crippen LogP contribution is 2.11. The number of carbonyl (C=O) groups excluding carboxylic acids is 1. The maximum Gasteiger partial charge on any atom is 0.407 e. The van der Waals surface area contributed by atoms with Crippen molar-refractivity contribution in [2.75, 3.05) is 7.11 Å². The van der Waals surface area contributed by atoms with Crippen LogP contribution >= 0.6 is 0 Å². The second-order valence-corrected chi connectivity index (χ2v) is 4.10. The van der Waals surface area contributed by atoms with Crippen LogP contribution < -0.4 is 5.32 Å². The Labute approximate surface area is 112 Å². The highest BCUT2D eigenvalue weighted by atomic mass is 16.5. The van der Waals surface area contributed by atoms with E-state index >= 15 is 0 Å². The van der Waals surface area contributed by atoms with Crippen LogP contribution in [-0.4, -0.2) is 30.3 Å². The number of carboxylic acid groups (broad SMARTS) is 1. The molecule has 0 aromatic carbocycles. The van der Waals surface area contributed by atoms with Crippen molar-refractivity contribution < 1.29 is 19.4 Å². The van der Waals surface area contributed by atoms with E-state index in [1.165, 1.54) is 7.11 Å². The molecule has 0 aliphatic heterocycles. The average Bonchev–Trinajstić information content (AvgIpc) is 2.63. The Hall–Kier alpha value is -2.22. The molecule has 0 aromatic heterocycles. The summed E-state index contributed by atoms with van der Waals surface area (Å²) in [7, 11) is 1.25. The Morgan fingerprint density at radius 1 is 1.58 bits per heavy atom. The second-order valence-electron chi connectivity index (χ2n) is 4.10. The lowest BCUT2D eigenvalue weighted by Crippen LogP contribution is -2.36. The fourth-order valence-electron chi connectivity index (χ4n) is 1.65. The molecule has 1 aliphatic rings. The van der Waals surface area contributed by atoms with Gasteiger partial charge in [0.1, 0.15) is 0 Å². The van der Waals surface area contributed by atoms with E-state index in [2.05, 4.69) is 21.9 Å². The highest BCUT2D eigenvalue weighted by molar-refractivity contribution is 5.71. The number of ether oxygens (including phenoxy) is 1. The summed E-state index contributed by atoms with van der Waals surface area (Å²) in [6.07, 6.45) is 6.89. The topological polar surface area (TPSA) is 75.6 Å². The van der Waals surface area contributed by atoms with Crippen molar-refractivity contribution in [3.63, 3.8) is 0 Å². The lowest BCUT2D eigenvalue weighted by atomic mass is 10.0. The van der Waals surface area contributed by atoms with E-state index in [1.807, 2.05) is 18.2 Å². The monoisotopic (exact) mass is 263 g/mol. The van der Waals surface area contributed by atoms with E-state index in [1.54, 1.807) is 0 Å². The van der Waals surface area contributed by atoms with Crippen LogP contribution in [-0.2, 0) is 9.53 Å². The van der Waals surface area contributed by atoms with Gasteiger partial charge in [-0.25, -0.2) is 4.79 Å². The number of aliphatic carboxylic acids is 1. The average molecular weight is 263 g/mol. The van der Waals surface area contributed by atoms with E-state index < -0.39 is 18.1 Å². The molecule has 5 heteroatoms. The van der Waals surface area contributed by atoms with Gasteiger partial charge in [-0.15, -0.1) is 0 Å². The maximum absolute atomic E-state index is 11.1. The number of alkyl carbamates (subject to hydrolysis) is 1. The summed E-state index contributed by atoms with van der Waals surface area (Å²) in [5, 5.41) is 11.3. The number of methoxy groups -OCH3 is 1. The van der Waals surface area contributed by atoms with Gasteiger partial charge >= 0.3 is 12.1 Å². The van der Waals surface area contributed by atoms with Crippen molar-refractivity contribution >= 4 is 12.1 Å². The third kappa shape index (κ3) is 6.32. The molecule has 1 aliphatic carbocycles.